The molecule has 78 valence electrons. The van der Waals surface area contributed by atoms with Crippen LogP contribution in [-0.4, -0.2) is 6.54 Å². The van der Waals surface area contributed by atoms with E-state index in [1.54, 1.807) is 6.92 Å². The molecule has 0 saturated carbocycles. The van der Waals surface area contributed by atoms with Crippen LogP contribution in [0.1, 0.15) is 17.5 Å². The van der Waals surface area contributed by atoms with E-state index >= 15 is 0 Å². The zero-order valence-electron chi connectivity index (χ0n) is 7.86. The van der Waals surface area contributed by atoms with Crippen molar-refractivity contribution in [3.63, 3.8) is 0 Å². The molecule has 0 aromatic heterocycles. The summed E-state index contributed by atoms with van der Waals surface area (Å²) in [5.74, 6) is -2.86. The Morgan fingerprint density at radius 3 is 2.57 bits per heavy atom. The van der Waals surface area contributed by atoms with Crippen LogP contribution in [0.15, 0.2) is 18.2 Å². The van der Waals surface area contributed by atoms with Crippen LogP contribution >= 0.6 is 11.6 Å². The zero-order chi connectivity index (χ0) is 10.8. The molecule has 4 heteroatoms. The Bertz CT molecular complexity index is 326. The SMILES string of the molecule is Cc1cc(Cl)ccc1C(F)(F)CCN. The molecule has 0 fully saturated rings. The third-order valence-corrected chi connectivity index (χ3v) is 2.28. The summed E-state index contributed by atoms with van der Waals surface area (Å²) in [4.78, 5) is 0. The second-order valence-corrected chi connectivity index (χ2v) is 3.64. The van der Waals surface area contributed by atoms with Gasteiger partial charge in [0.05, 0.1) is 0 Å². The molecule has 1 rings (SSSR count). The van der Waals surface area contributed by atoms with Crippen molar-refractivity contribution in [2.24, 2.45) is 5.73 Å². The predicted molar refractivity (Wildman–Crippen MR) is 53.8 cm³/mol. The van der Waals surface area contributed by atoms with Gasteiger partial charge in [0.25, 0.3) is 5.92 Å². The van der Waals surface area contributed by atoms with Crippen LogP contribution in [-0.2, 0) is 5.92 Å². The van der Waals surface area contributed by atoms with Crippen molar-refractivity contribution in [1.29, 1.82) is 0 Å². The van der Waals surface area contributed by atoms with E-state index in [4.69, 9.17) is 17.3 Å². The predicted octanol–water partition coefficient (Wildman–Crippen LogP) is 3.09. The number of aryl methyl sites for hydroxylation is 1. The number of hydrogen-bond donors (Lipinski definition) is 1. The topological polar surface area (TPSA) is 26.0 Å². The summed E-state index contributed by atoms with van der Waals surface area (Å²) in [5, 5.41) is 0.467. The van der Waals surface area contributed by atoms with E-state index in [0.29, 0.717) is 10.6 Å². The van der Waals surface area contributed by atoms with Gasteiger partial charge in [0, 0.05) is 17.0 Å². The highest BCUT2D eigenvalue weighted by atomic mass is 35.5. The van der Waals surface area contributed by atoms with E-state index in [0.717, 1.165) is 0 Å². The number of rotatable bonds is 3. The van der Waals surface area contributed by atoms with E-state index in [1.807, 2.05) is 0 Å². The molecule has 0 saturated heterocycles. The van der Waals surface area contributed by atoms with Gasteiger partial charge in [-0.2, -0.15) is 0 Å². The van der Waals surface area contributed by atoms with Crippen molar-refractivity contribution >= 4 is 11.6 Å². The summed E-state index contributed by atoms with van der Waals surface area (Å²) in [6.45, 7) is 1.58. The average molecular weight is 220 g/mol. The second kappa shape index (κ2) is 4.24. The number of halogens is 3. The molecular weight excluding hydrogens is 208 g/mol. The molecule has 14 heavy (non-hydrogen) atoms. The Morgan fingerprint density at radius 2 is 2.07 bits per heavy atom. The molecule has 2 N–H and O–H groups in total. The van der Waals surface area contributed by atoms with Crippen molar-refractivity contribution < 1.29 is 8.78 Å². The van der Waals surface area contributed by atoms with Crippen molar-refractivity contribution in [2.45, 2.75) is 19.3 Å². The molecule has 0 atom stereocenters. The summed E-state index contributed by atoms with van der Waals surface area (Å²) in [6.07, 6.45) is -0.338. The Balaban J connectivity index is 3.06. The Morgan fingerprint density at radius 1 is 1.43 bits per heavy atom. The van der Waals surface area contributed by atoms with E-state index in [1.165, 1.54) is 18.2 Å². The van der Waals surface area contributed by atoms with Gasteiger partial charge in [-0.25, -0.2) is 8.78 Å². The second-order valence-electron chi connectivity index (χ2n) is 3.20. The molecule has 0 radical (unpaired) electrons. The van der Waals surface area contributed by atoms with Crippen molar-refractivity contribution in [1.82, 2.24) is 0 Å². The molecule has 1 aromatic carbocycles. The highest BCUT2D eigenvalue weighted by Gasteiger charge is 2.31. The maximum absolute atomic E-state index is 13.4. The number of alkyl halides is 2. The largest absolute Gasteiger partial charge is 0.330 e. The smallest absolute Gasteiger partial charge is 0.274 e. The Labute approximate surface area is 86.9 Å². The maximum Gasteiger partial charge on any atom is 0.274 e. The molecule has 1 aromatic rings. The summed E-state index contributed by atoms with van der Waals surface area (Å²) >= 11 is 5.67. The van der Waals surface area contributed by atoms with Crippen LogP contribution < -0.4 is 5.73 Å². The summed E-state index contributed by atoms with van der Waals surface area (Å²) in [7, 11) is 0. The van der Waals surface area contributed by atoms with Gasteiger partial charge in [-0.1, -0.05) is 17.7 Å². The number of benzene rings is 1. The molecule has 0 aliphatic rings. The van der Waals surface area contributed by atoms with Crippen LogP contribution in [0.25, 0.3) is 0 Å². The van der Waals surface area contributed by atoms with Crippen LogP contribution in [0.2, 0.25) is 5.02 Å². The van der Waals surface area contributed by atoms with Crippen molar-refractivity contribution in [2.75, 3.05) is 6.54 Å². The normalized spacial score (nSPS) is 11.8. The highest BCUT2D eigenvalue weighted by Crippen LogP contribution is 2.34. The molecule has 0 amide bonds. The quantitative estimate of drug-likeness (QED) is 0.831. The van der Waals surface area contributed by atoms with Gasteiger partial charge < -0.3 is 5.73 Å². The summed E-state index contributed by atoms with van der Waals surface area (Å²) in [5.41, 5.74) is 5.63. The monoisotopic (exact) mass is 219 g/mol. The van der Waals surface area contributed by atoms with E-state index in [9.17, 15) is 8.78 Å². The average Bonchev–Trinajstić information content (AvgIpc) is 2.02. The van der Waals surface area contributed by atoms with E-state index in [2.05, 4.69) is 0 Å². The van der Waals surface area contributed by atoms with Crippen LogP contribution in [0.4, 0.5) is 8.78 Å². The van der Waals surface area contributed by atoms with Gasteiger partial charge in [-0.05, 0) is 31.2 Å². The van der Waals surface area contributed by atoms with Crippen molar-refractivity contribution in [3.05, 3.63) is 34.3 Å². The summed E-state index contributed by atoms with van der Waals surface area (Å²) in [6, 6.07) is 4.35. The fraction of sp³-hybridized carbons (Fsp3) is 0.400. The van der Waals surface area contributed by atoms with Gasteiger partial charge in [-0.3, -0.25) is 0 Å². The fourth-order valence-electron chi connectivity index (χ4n) is 1.35. The Kier molecular flexibility index (Phi) is 3.45. The zero-order valence-corrected chi connectivity index (χ0v) is 8.61. The van der Waals surface area contributed by atoms with Crippen LogP contribution in [0.3, 0.4) is 0 Å². The molecule has 0 bridgehead atoms. The molecule has 1 nitrogen and oxygen atoms in total. The lowest BCUT2D eigenvalue weighted by molar-refractivity contribution is -0.0113. The standard InChI is InChI=1S/C10H12ClF2N/c1-7-6-8(11)2-3-9(7)10(12,13)4-5-14/h2-3,6H,4-5,14H2,1H3. The molecule has 0 unspecified atom stereocenters. The summed E-state index contributed by atoms with van der Waals surface area (Å²) < 4.78 is 26.9. The van der Waals surface area contributed by atoms with Gasteiger partial charge in [0.2, 0.25) is 0 Å². The molecule has 0 heterocycles. The van der Waals surface area contributed by atoms with Crippen molar-refractivity contribution in [3.8, 4) is 0 Å². The lowest BCUT2D eigenvalue weighted by Gasteiger charge is -2.18. The lowest BCUT2D eigenvalue weighted by atomic mass is 10.0. The molecular formula is C10H12ClF2N. The van der Waals surface area contributed by atoms with Crippen LogP contribution in [0, 0.1) is 6.92 Å². The minimum atomic E-state index is -2.86. The third-order valence-electron chi connectivity index (χ3n) is 2.04. The molecule has 0 spiro atoms. The maximum atomic E-state index is 13.4. The lowest BCUT2D eigenvalue weighted by Crippen LogP contribution is -2.19. The van der Waals surface area contributed by atoms with E-state index in [-0.39, 0.29) is 18.5 Å². The fourth-order valence-corrected chi connectivity index (χ4v) is 1.58. The molecule has 0 aliphatic heterocycles. The third kappa shape index (κ3) is 2.42. The van der Waals surface area contributed by atoms with E-state index < -0.39 is 5.92 Å². The van der Waals surface area contributed by atoms with Gasteiger partial charge >= 0.3 is 0 Å². The highest BCUT2D eigenvalue weighted by molar-refractivity contribution is 6.30. The number of nitrogens with two attached hydrogens (primary N) is 1. The minimum Gasteiger partial charge on any atom is -0.330 e. The molecule has 0 aliphatic carbocycles. The first kappa shape index (κ1) is 11.4. The first-order chi connectivity index (χ1) is 6.47. The van der Waals surface area contributed by atoms with Gasteiger partial charge in [0.1, 0.15) is 0 Å². The Hall–Kier alpha value is -0.670. The first-order valence-electron chi connectivity index (χ1n) is 4.32. The van der Waals surface area contributed by atoms with Gasteiger partial charge in [-0.15, -0.1) is 0 Å². The minimum absolute atomic E-state index is 0.00681. The number of hydrogen-bond acceptors (Lipinski definition) is 1. The first-order valence-corrected chi connectivity index (χ1v) is 4.69. The van der Waals surface area contributed by atoms with Gasteiger partial charge in [0.15, 0.2) is 0 Å². The van der Waals surface area contributed by atoms with Crippen LogP contribution in [0.5, 0.6) is 0 Å².